The zero-order valence-corrected chi connectivity index (χ0v) is 11.3. The number of nitrogens with zero attached hydrogens (tertiary/aromatic N) is 1. The maximum atomic E-state index is 5.61. The Morgan fingerprint density at radius 2 is 2.22 bits per heavy atom. The van der Waals surface area contributed by atoms with Gasteiger partial charge in [0.1, 0.15) is 5.52 Å². The van der Waals surface area contributed by atoms with Gasteiger partial charge in [-0.05, 0) is 19.1 Å². The van der Waals surface area contributed by atoms with E-state index in [9.17, 15) is 0 Å². The molecule has 4 nitrogen and oxygen atoms in total. The molecule has 0 fully saturated rings. The van der Waals surface area contributed by atoms with Gasteiger partial charge in [-0.25, -0.2) is 4.98 Å². The molecule has 0 amide bonds. The monoisotopic (exact) mass is 266 g/mol. The molecule has 0 saturated heterocycles. The molecule has 0 aliphatic heterocycles. The van der Waals surface area contributed by atoms with E-state index < -0.39 is 0 Å². The molecule has 0 saturated carbocycles. The van der Waals surface area contributed by atoms with Crippen molar-refractivity contribution >= 4 is 22.9 Å². The molecule has 0 bridgehead atoms. The summed E-state index contributed by atoms with van der Waals surface area (Å²) in [6, 6.07) is 7.82. The zero-order valence-electron chi connectivity index (χ0n) is 10.5. The van der Waals surface area contributed by atoms with E-state index in [1.165, 1.54) is 0 Å². The van der Waals surface area contributed by atoms with E-state index in [1.807, 2.05) is 31.2 Å². The number of ether oxygens (including phenoxy) is 1. The lowest BCUT2D eigenvalue weighted by atomic mass is 10.3. The third kappa shape index (κ3) is 4.01. The summed E-state index contributed by atoms with van der Waals surface area (Å²) < 4.78 is 10.9. The first kappa shape index (κ1) is 13.4. The second-order valence-corrected chi connectivity index (χ2v) is 4.79. The summed E-state index contributed by atoms with van der Waals surface area (Å²) in [4.78, 5) is 4.40. The molecular weight excluding hydrogens is 248 g/mol. The Morgan fingerprint density at radius 3 is 3.06 bits per heavy atom. The van der Waals surface area contributed by atoms with Crippen molar-refractivity contribution in [3.8, 4) is 0 Å². The molecule has 18 heavy (non-hydrogen) atoms. The van der Waals surface area contributed by atoms with Gasteiger partial charge in [0.2, 0.25) is 0 Å². The lowest BCUT2D eigenvalue weighted by Crippen LogP contribution is -2.22. The van der Waals surface area contributed by atoms with Crippen LogP contribution in [0.3, 0.4) is 0 Å². The van der Waals surface area contributed by atoms with Crippen LogP contribution in [-0.2, 0) is 4.74 Å². The highest BCUT2D eigenvalue weighted by Gasteiger charge is 2.04. The minimum absolute atomic E-state index is 0.739. The van der Waals surface area contributed by atoms with Gasteiger partial charge in [0.05, 0.1) is 6.61 Å². The van der Waals surface area contributed by atoms with E-state index in [2.05, 4.69) is 10.3 Å². The van der Waals surface area contributed by atoms with E-state index in [0.29, 0.717) is 0 Å². The Kier molecular flexibility index (Phi) is 5.51. The van der Waals surface area contributed by atoms with Crippen molar-refractivity contribution in [2.24, 2.45) is 0 Å². The SMILES string of the molecule is CCOCCNCCSc1nc2ccccc2o1. The van der Waals surface area contributed by atoms with E-state index in [1.54, 1.807) is 11.8 Å². The van der Waals surface area contributed by atoms with E-state index >= 15 is 0 Å². The fourth-order valence-electron chi connectivity index (χ4n) is 1.54. The van der Waals surface area contributed by atoms with Crippen LogP contribution in [0.1, 0.15) is 6.92 Å². The van der Waals surface area contributed by atoms with Gasteiger partial charge in [-0.2, -0.15) is 0 Å². The van der Waals surface area contributed by atoms with Crippen molar-refractivity contribution in [3.05, 3.63) is 24.3 Å². The zero-order chi connectivity index (χ0) is 12.6. The summed E-state index contributed by atoms with van der Waals surface area (Å²) >= 11 is 1.63. The maximum absolute atomic E-state index is 5.61. The molecular formula is C13H18N2O2S. The number of fused-ring (bicyclic) bond motifs is 1. The van der Waals surface area contributed by atoms with Crippen molar-refractivity contribution in [1.29, 1.82) is 0 Å². The topological polar surface area (TPSA) is 47.3 Å². The minimum Gasteiger partial charge on any atom is -0.431 e. The Labute approximate surface area is 111 Å². The standard InChI is InChI=1S/C13H18N2O2S/c1-2-16-9-7-14-8-10-18-13-15-11-5-3-4-6-12(11)17-13/h3-6,14H,2,7-10H2,1H3. The van der Waals surface area contributed by atoms with Crippen molar-refractivity contribution in [1.82, 2.24) is 10.3 Å². The van der Waals surface area contributed by atoms with Crippen LogP contribution in [0.2, 0.25) is 0 Å². The van der Waals surface area contributed by atoms with Crippen LogP contribution < -0.4 is 5.32 Å². The predicted octanol–water partition coefficient (Wildman–Crippen LogP) is 2.55. The summed E-state index contributed by atoms with van der Waals surface area (Å²) in [7, 11) is 0. The number of rotatable bonds is 8. The molecule has 0 atom stereocenters. The fourth-order valence-corrected chi connectivity index (χ4v) is 2.27. The largest absolute Gasteiger partial charge is 0.431 e. The normalized spacial score (nSPS) is 11.2. The van der Waals surface area contributed by atoms with Crippen molar-refractivity contribution in [3.63, 3.8) is 0 Å². The third-order valence-electron chi connectivity index (χ3n) is 2.41. The molecule has 1 aromatic heterocycles. The van der Waals surface area contributed by atoms with Gasteiger partial charge in [0.15, 0.2) is 5.58 Å². The molecule has 2 rings (SSSR count). The Morgan fingerprint density at radius 1 is 1.33 bits per heavy atom. The Hall–Kier alpha value is -1.04. The van der Waals surface area contributed by atoms with Gasteiger partial charge >= 0.3 is 0 Å². The quantitative estimate of drug-likeness (QED) is 0.588. The molecule has 98 valence electrons. The van der Waals surface area contributed by atoms with E-state index in [4.69, 9.17) is 9.15 Å². The highest BCUT2D eigenvalue weighted by molar-refractivity contribution is 7.99. The Bertz CT molecular complexity index is 440. The molecule has 2 aromatic rings. The van der Waals surface area contributed by atoms with E-state index in [-0.39, 0.29) is 0 Å². The summed E-state index contributed by atoms with van der Waals surface area (Å²) in [6.45, 7) is 5.37. The van der Waals surface area contributed by atoms with Crippen LogP contribution >= 0.6 is 11.8 Å². The van der Waals surface area contributed by atoms with Crippen LogP contribution in [0.15, 0.2) is 33.9 Å². The molecule has 0 unspecified atom stereocenters. The number of benzene rings is 1. The minimum atomic E-state index is 0.739. The average molecular weight is 266 g/mol. The summed E-state index contributed by atoms with van der Waals surface area (Å²) in [6.07, 6.45) is 0. The number of hydrogen-bond acceptors (Lipinski definition) is 5. The Balaban J connectivity index is 1.67. The summed E-state index contributed by atoms with van der Waals surface area (Å²) in [5.74, 6) is 0.943. The first-order valence-electron chi connectivity index (χ1n) is 6.17. The second-order valence-electron chi connectivity index (χ2n) is 3.74. The lowest BCUT2D eigenvalue weighted by molar-refractivity contribution is 0.150. The van der Waals surface area contributed by atoms with Crippen molar-refractivity contribution in [2.45, 2.75) is 12.1 Å². The van der Waals surface area contributed by atoms with Crippen LogP contribution in [0.5, 0.6) is 0 Å². The molecule has 5 heteroatoms. The third-order valence-corrected chi connectivity index (χ3v) is 3.24. The van der Waals surface area contributed by atoms with Crippen LogP contribution in [-0.4, -0.2) is 37.0 Å². The van der Waals surface area contributed by atoms with Crippen LogP contribution in [0, 0.1) is 0 Å². The highest BCUT2D eigenvalue weighted by Crippen LogP contribution is 2.22. The first-order valence-corrected chi connectivity index (χ1v) is 7.15. The fraction of sp³-hybridized carbons (Fsp3) is 0.462. The van der Waals surface area contributed by atoms with Gasteiger partial charge in [-0.3, -0.25) is 0 Å². The van der Waals surface area contributed by atoms with Gasteiger partial charge in [0, 0.05) is 25.4 Å². The molecule has 0 radical (unpaired) electrons. The number of aromatic nitrogens is 1. The number of thioether (sulfide) groups is 1. The van der Waals surface area contributed by atoms with Gasteiger partial charge in [0.25, 0.3) is 5.22 Å². The predicted molar refractivity (Wildman–Crippen MR) is 74.1 cm³/mol. The number of oxazole rings is 1. The second kappa shape index (κ2) is 7.41. The van der Waals surface area contributed by atoms with Gasteiger partial charge in [-0.15, -0.1) is 0 Å². The maximum Gasteiger partial charge on any atom is 0.256 e. The summed E-state index contributed by atoms with van der Waals surface area (Å²) in [5.41, 5.74) is 1.77. The molecule has 1 aromatic carbocycles. The number of para-hydroxylation sites is 2. The first-order chi connectivity index (χ1) is 8.90. The van der Waals surface area contributed by atoms with Gasteiger partial charge < -0.3 is 14.5 Å². The van der Waals surface area contributed by atoms with Crippen LogP contribution in [0.4, 0.5) is 0 Å². The van der Waals surface area contributed by atoms with Gasteiger partial charge in [-0.1, -0.05) is 23.9 Å². The molecule has 1 heterocycles. The van der Waals surface area contributed by atoms with E-state index in [0.717, 1.165) is 48.4 Å². The highest BCUT2D eigenvalue weighted by atomic mass is 32.2. The van der Waals surface area contributed by atoms with Crippen molar-refractivity contribution in [2.75, 3.05) is 32.1 Å². The number of hydrogen-bond donors (Lipinski definition) is 1. The summed E-state index contributed by atoms with van der Waals surface area (Å²) in [5, 5.41) is 4.05. The van der Waals surface area contributed by atoms with Crippen LogP contribution in [0.25, 0.3) is 11.1 Å². The average Bonchev–Trinajstić information content (AvgIpc) is 2.80. The lowest BCUT2D eigenvalue weighted by Gasteiger charge is -2.02. The molecule has 0 spiro atoms. The number of nitrogens with one attached hydrogen (secondary N) is 1. The molecule has 1 N–H and O–H groups in total. The molecule has 0 aliphatic rings. The smallest absolute Gasteiger partial charge is 0.256 e. The molecule has 0 aliphatic carbocycles. The van der Waals surface area contributed by atoms with Crippen molar-refractivity contribution < 1.29 is 9.15 Å².